The van der Waals surface area contributed by atoms with E-state index in [0.29, 0.717) is 0 Å². The topological polar surface area (TPSA) is 0 Å². The molecule has 0 saturated carbocycles. The summed E-state index contributed by atoms with van der Waals surface area (Å²) in [5, 5.41) is 2.80. The molecule has 0 heterocycles. The zero-order valence-corrected chi connectivity index (χ0v) is 9.61. The van der Waals surface area contributed by atoms with E-state index < -0.39 is 0 Å². The first kappa shape index (κ1) is 10.7. The van der Waals surface area contributed by atoms with Crippen molar-refractivity contribution in [2.24, 2.45) is 0 Å². The van der Waals surface area contributed by atoms with Crippen LogP contribution in [-0.4, -0.2) is 0 Å². The van der Waals surface area contributed by atoms with E-state index in [4.69, 9.17) is 0 Å². The van der Waals surface area contributed by atoms with Crippen molar-refractivity contribution >= 4 is 16.8 Å². The molecule has 2 aromatic carbocycles. The fourth-order valence-electron chi connectivity index (χ4n) is 2.07. The van der Waals surface area contributed by atoms with Gasteiger partial charge in [0.25, 0.3) is 0 Å². The third-order valence-corrected chi connectivity index (χ3v) is 2.66. The minimum Gasteiger partial charge on any atom is -0.103 e. The van der Waals surface area contributed by atoms with Gasteiger partial charge in [0.05, 0.1) is 0 Å². The van der Waals surface area contributed by atoms with E-state index in [1.54, 1.807) is 6.08 Å². The maximum atomic E-state index is 3.36. The first-order chi connectivity index (χ1) is 7.86. The average molecular weight is 208 g/mol. The van der Waals surface area contributed by atoms with Gasteiger partial charge in [-0.15, -0.1) is 6.58 Å². The highest BCUT2D eigenvalue weighted by Gasteiger charge is 2.06. The van der Waals surface area contributed by atoms with Crippen LogP contribution in [0.5, 0.6) is 0 Å². The Kier molecular flexibility index (Phi) is 3.21. The van der Waals surface area contributed by atoms with Crippen LogP contribution in [0.25, 0.3) is 16.8 Å². The highest BCUT2D eigenvalue weighted by Crippen LogP contribution is 2.27. The Hall–Kier alpha value is -1.82. The molecule has 0 heteroatoms. The van der Waals surface area contributed by atoms with Gasteiger partial charge in [0, 0.05) is 0 Å². The Bertz CT molecular complexity index is 527. The second kappa shape index (κ2) is 4.80. The average Bonchev–Trinajstić information content (AvgIpc) is 2.31. The molecule has 3 rings (SSSR count). The van der Waals surface area contributed by atoms with E-state index in [1.807, 2.05) is 6.92 Å². The first-order valence-corrected chi connectivity index (χ1v) is 5.61. The molecule has 80 valence electrons. The summed E-state index contributed by atoms with van der Waals surface area (Å²) >= 11 is 0. The van der Waals surface area contributed by atoms with Crippen molar-refractivity contribution < 1.29 is 0 Å². The molecule has 16 heavy (non-hydrogen) atoms. The van der Waals surface area contributed by atoms with Gasteiger partial charge < -0.3 is 0 Å². The van der Waals surface area contributed by atoms with Gasteiger partial charge in [-0.05, 0) is 35.2 Å². The van der Waals surface area contributed by atoms with E-state index >= 15 is 0 Å². The summed E-state index contributed by atoms with van der Waals surface area (Å²) in [6.45, 7) is 5.25. The summed E-state index contributed by atoms with van der Waals surface area (Å²) in [5.41, 5.74) is 2.81. The number of rotatable bonds is 0. The third-order valence-electron chi connectivity index (χ3n) is 2.66. The fourth-order valence-corrected chi connectivity index (χ4v) is 2.07. The number of allylic oxidation sites excluding steroid dienone is 2. The Morgan fingerprint density at radius 2 is 1.81 bits per heavy atom. The molecule has 0 aliphatic heterocycles. The Morgan fingerprint density at radius 1 is 1.12 bits per heavy atom. The highest BCUT2D eigenvalue weighted by molar-refractivity contribution is 5.94. The van der Waals surface area contributed by atoms with Gasteiger partial charge in [0.1, 0.15) is 0 Å². The standard InChI is InChI=1S/C13H10.C3H6/c1-4-10-6-2-8-12-9-3-7-11(5-1)13(10)12;1-3-2/h1-8H,9H2;3H,1H2,2H3. The van der Waals surface area contributed by atoms with Gasteiger partial charge >= 0.3 is 0 Å². The van der Waals surface area contributed by atoms with Crippen molar-refractivity contribution in [2.45, 2.75) is 13.3 Å². The Balaban J connectivity index is 0.000000292. The lowest BCUT2D eigenvalue weighted by Crippen LogP contribution is -1.91. The van der Waals surface area contributed by atoms with E-state index in [2.05, 4.69) is 55.1 Å². The first-order valence-electron chi connectivity index (χ1n) is 5.61. The number of hydrogen-bond donors (Lipinski definition) is 0. The van der Waals surface area contributed by atoms with Crippen molar-refractivity contribution in [3.05, 3.63) is 66.3 Å². The molecule has 0 amide bonds. The van der Waals surface area contributed by atoms with Crippen LogP contribution in [0.4, 0.5) is 0 Å². The van der Waals surface area contributed by atoms with Crippen molar-refractivity contribution in [3.63, 3.8) is 0 Å². The molecule has 0 saturated heterocycles. The zero-order chi connectivity index (χ0) is 11.4. The van der Waals surface area contributed by atoms with Crippen molar-refractivity contribution in [3.8, 4) is 0 Å². The smallest absolute Gasteiger partial charge is 0.00763 e. The maximum Gasteiger partial charge on any atom is -0.00763 e. The summed E-state index contributed by atoms with van der Waals surface area (Å²) in [4.78, 5) is 0. The minimum atomic E-state index is 1.08. The van der Waals surface area contributed by atoms with Crippen LogP contribution in [0.1, 0.15) is 18.1 Å². The van der Waals surface area contributed by atoms with E-state index in [0.717, 1.165) is 6.42 Å². The lowest BCUT2D eigenvalue weighted by Gasteiger charge is -2.11. The lowest BCUT2D eigenvalue weighted by atomic mass is 9.93. The van der Waals surface area contributed by atoms with Crippen molar-refractivity contribution in [1.82, 2.24) is 0 Å². The third kappa shape index (κ3) is 1.92. The van der Waals surface area contributed by atoms with Gasteiger partial charge in [0.2, 0.25) is 0 Å². The molecular formula is C16H16. The van der Waals surface area contributed by atoms with Crippen LogP contribution in [0.15, 0.2) is 55.1 Å². The molecule has 0 nitrogen and oxygen atoms in total. The van der Waals surface area contributed by atoms with Crippen LogP contribution < -0.4 is 0 Å². The van der Waals surface area contributed by atoms with Gasteiger partial charge in [-0.3, -0.25) is 0 Å². The van der Waals surface area contributed by atoms with E-state index in [-0.39, 0.29) is 0 Å². The molecule has 0 fully saturated rings. The second-order valence-corrected chi connectivity index (χ2v) is 3.88. The largest absolute Gasteiger partial charge is 0.103 e. The quantitative estimate of drug-likeness (QED) is 0.555. The molecule has 1 aliphatic carbocycles. The van der Waals surface area contributed by atoms with Crippen LogP contribution >= 0.6 is 0 Å². The second-order valence-electron chi connectivity index (χ2n) is 3.88. The molecule has 0 radical (unpaired) electrons. The summed E-state index contributed by atoms with van der Waals surface area (Å²) < 4.78 is 0. The SMILES string of the molecule is C1=Cc2cccc3cccc(c23)C1.C=CC. The molecule has 0 atom stereocenters. The zero-order valence-electron chi connectivity index (χ0n) is 9.61. The molecule has 0 spiro atoms. The summed E-state index contributed by atoms with van der Waals surface area (Å²) in [6, 6.07) is 13.0. The van der Waals surface area contributed by atoms with Crippen LogP contribution in [0.3, 0.4) is 0 Å². The normalized spacial score (nSPS) is 11.8. The summed E-state index contributed by atoms with van der Waals surface area (Å²) in [5.74, 6) is 0. The van der Waals surface area contributed by atoms with Crippen LogP contribution in [0, 0.1) is 0 Å². The number of hydrogen-bond acceptors (Lipinski definition) is 0. The predicted octanol–water partition coefficient (Wildman–Crippen LogP) is 4.60. The van der Waals surface area contributed by atoms with Gasteiger partial charge in [-0.1, -0.05) is 54.6 Å². The van der Waals surface area contributed by atoms with Gasteiger partial charge in [-0.2, -0.15) is 0 Å². The molecule has 0 aromatic heterocycles. The summed E-state index contributed by atoms with van der Waals surface area (Å²) in [7, 11) is 0. The molecule has 0 unspecified atom stereocenters. The van der Waals surface area contributed by atoms with Crippen molar-refractivity contribution in [2.75, 3.05) is 0 Å². The lowest BCUT2D eigenvalue weighted by molar-refractivity contribution is 1.29. The summed E-state index contributed by atoms with van der Waals surface area (Å²) in [6.07, 6.45) is 7.28. The Labute approximate surface area is 96.9 Å². The molecule has 2 aromatic rings. The minimum absolute atomic E-state index is 1.08. The van der Waals surface area contributed by atoms with E-state index in [9.17, 15) is 0 Å². The molecular weight excluding hydrogens is 192 g/mol. The molecule has 0 bridgehead atoms. The predicted molar refractivity (Wildman–Crippen MR) is 72.6 cm³/mol. The van der Waals surface area contributed by atoms with Crippen LogP contribution in [0.2, 0.25) is 0 Å². The van der Waals surface area contributed by atoms with Gasteiger partial charge in [0.15, 0.2) is 0 Å². The Morgan fingerprint density at radius 3 is 2.56 bits per heavy atom. The van der Waals surface area contributed by atoms with Crippen LogP contribution in [-0.2, 0) is 6.42 Å². The monoisotopic (exact) mass is 208 g/mol. The maximum absolute atomic E-state index is 3.36. The number of benzene rings is 2. The fraction of sp³-hybridized carbons (Fsp3) is 0.125. The molecule has 0 N–H and O–H groups in total. The molecule has 1 aliphatic rings. The highest BCUT2D eigenvalue weighted by atomic mass is 14.1. The van der Waals surface area contributed by atoms with Gasteiger partial charge in [-0.25, -0.2) is 0 Å². The van der Waals surface area contributed by atoms with E-state index in [1.165, 1.54) is 21.9 Å². The van der Waals surface area contributed by atoms with Crippen molar-refractivity contribution in [1.29, 1.82) is 0 Å².